The fourth-order valence-corrected chi connectivity index (χ4v) is 3.24. The Hall–Kier alpha value is -1.71. The van der Waals surface area contributed by atoms with E-state index in [1.807, 2.05) is 41.3 Å². The van der Waals surface area contributed by atoms with Crippen molar-refractivity contribution in [2.45, 2.75) is 12.8 Å². The molecule has 126 valence electrons. The number of amides is 1. The van der Waals surface area contributed by atoms with E-state index in [2.05, 4.69) is 17.0 Å². The molecule has 0 saturated carbocycles. The first-order valence-electron chi connectivity index (χ1n) is 8.15. The second kappa shape index (κ2) is 7.91. The summed E-state index contributed by atoms with van der Waals surface area (Å²) in [4.78, 5) is 16.6. The summed E-state index contributed by atoms with van der Waals surface area (Å²) >= 11 is 12.1. The predicted octanol–water partition coefficient (Wildman–Crippen LogP) is 4.27. The average Bonchev–Trinajstić information content (AvgIpc) is 2.63. The van der Waals surface area contributed by atoms with Crippen molar-refractivity contribution in [3.8, 4) is 0 Å². The van der Waals surface area contributed by atoms with Crippen molar-refractivity contribution >= 4 is 34.8 Å². The van der Waals surface area contributed by atoms with Crippen LogP contribution in [0.4, 0.5) is 5.69 Å². The summed E-state index contributed by atoms with van der Waals surface area (Å²) in [6.45, 7) is 3.12. The third kappa shape index (κ3) is 4.22. The number of halogens is 2. The highest BCUT2D eigenvalue weighted by Crippen LogP contribution is 2.27. The lowest BCUT2D eigenvalue weighted by Crippen LogP contribution is -2.48. The number of piperazine rings is 1. The molecule has 1 aliphatic heterocycles. The van der Waals surface area contributed by atoms with Gasteiger partial charge in [0, 0.05) is 38.3 Å². The van der Waals surface area contributed by atoms with E-state index in [-0.39, 0.29) is 5.91 Å². The Balaban J connectivity index is 1.51. The van der Waals surface area contributed by atoms with Crippen LogP contribution in [0.2, 0.25) is 10.0 Å². The molecule has 0 bridgehead atoms. The Kier molecular flexibility index (Phi) is 5.64. The summed E-state index contributed by atoms with van der Waals surface area (Å²) in [6, 6.07) is 15.8. The third-order valence-corrected chi connectivity index (χ3v) is 5.11. The molecule has 0 aliphatic carbocycles. The van der Waals surface area contributed by atoms with Crippen molar-refractivity contribution in [3.63, 3.8) is 0 Å². The molecule has 0 radical (unpaired) electrons. The van der Waals surface area contributed by atoms with Crippen molar-refractivity contribution in [2.24, 2.45) is 0 Å². The number of benzene rings is 2. The highest BCUT2D eigenvalue weighted by atomic mass is 35.5. The molecule has 5 heteroatoms. The Morgan fingerprint density at radius 3 is 2.29 bits per heavy atom. The summed E-state index contributed by atoms with van der Waals surface area (Å²) in [5.74, 6) is 0.229. The van der Waals surface area contributed by atoms with Crippen LogP contribution in [0.5, 0.6) is 0 Å². The Labute approximate surface area is 152 Å². The normalized spacial score (nSPS) is 14.8. The van der Waals surface area contributed by atoms with E-state index in [0.29, 0.717) is 16.5 Å². The van der Waals surface area contributed by atoms with Crippen LogP contribution < -0.4 is 4.90 Å². The van der Waals surface area contributed by atoms with Gasteiger partial charge in [-0.3, -0.25) is 4.79 Å². The van der Waals surface area contributed by atoms with Gasteiger partial charge in [-0.2, -0.15) is 0 Å². The molecular formula is C19H20Cl2N2O. The molecule has 0 N–H and O–H groups in total. The van der Waals surface area contributed by atoms with Gasteiger partial charge in [0.2, 0.25) is 5.91 Å². The van der Waals surface area contributed by atoms with E-state index in [1.165, 1.54) is 5.56 Å². The maximum absolute atomic E-state index is 12.4. The first-order chi connectivity index (χ1) is 11.6. The zero-order valence-corrected chi connectivity index (χ0v) is 14.9. The van der Waals surface area contributed by atoms with Crippen molar-refractivity contribution in [3.05, 3.63) is 64.1 Å². The van der Waals surface area contributed by atoms with Crippen LogP contribution in [0.1, 0.15) is 12.0 Å². The fourth-order valence-electron chi connectivity index (χ4n) is 2.95. The van der Waals surface area contributed by atoms with Crippen molar-refractivity contribution in [1.82, 2.24) is 4.90 Å². The van der Waals surface area contributed by atoms with E-state index in [1.54, 1.807) is 0 Å². The van der Waals surface area contributed by atoms with Gasteiger partial charge in [0.15, 0.2) is 0 Å². The van der Waals surface area contributed by atoms with Crippen molar-refractivity contribution in [1.29, 1.82) is 0 Å². The number of rotatable bonds is 4. The molecule has 2 aromatic carbocycles. The maximum atomic E-state index is 12.4. The van der Waals surface area contributed by atoms with Crippen LogP contribution in [0.3, 0.4) is 0 Å². The smallest absolute Gasteiger partial charge is 0.223 e. The van der Waals surface area contributed by atoms with Crippen LogP contribution in [-0.4, -0.2) is 37.0 Å². The minimum Gasteiger partial charge on any atom is -0.368 e. The standard InChI is InChI=1S/C19H20Cl2N2O/c20-17-8-7-16(14-18(17)21)22-10-12-23(13-11-22)19(24)9-6-15-4-2-1-3-5-15/h1-5,7-8,14H,6,9-13H2. The van der Waals surface area contributed by atoms with Crippen LogP contribution in [0, 0.1) is 0 Å². The predicted molar refractivity (Wildman–Crippen MR) is 100 cm³/mol. The summed E-state index contributed by atoms with van der Waals surface area (Å²) in [6.07, 6.45) is 1.36. The summed E-state index contributed by atoms with van der Waals surface area (Å²) in [5, 5.41) is 1.13. The summed E-state index contributed by atoms with van der Waals surface area (Å²) in [7, 11) is 0. The van der Waals surface area contributed by atoms with Gasteiger partial charge in [0.05, 0.1) is 10.0 Å². The minimum atomic E-state index is 0.229. The fraction of sp³-hybridized carbons (Fsp3) is 0.316. The molecule has 0 unspecified atom stereocenters. The molecule has 1 heterocycles. The molecule has 1 fully saturated rings. The highest BCUT2D eigenvalue weighted by Gasteiger charge is 2.21. The van der Waals surface area contributed by atoms with Crippen molar-refractivity contribution in [2.75, 3.05) is 31.1 Å². The van der Waals surface area contributed by atoms with Crippen molar-refractivity contribution < 1.29 is 4.79 Å². The Bertz CT molecular complexity index is 698. The summed E-state index contributed by atoms with van der Waals surface area (Å²) < 4.78 is 0. The number of hydrogen-bond acceptors (Lipinski definition) is 2. The van der Waals surface area contributed by atoms with Gasteiger partial charge in [0.1, 0.15) is 0 Å². The highest BCUT2D eigenvalue weighted by molar-refractivity contribution is 6.42. The molecule has 3 rings (SSSR count). The number of hydrogen-bond donors (Lipinski definition) is 0. The summed E-state index contributed by atoms with van der Waals surface area (Å²) in [5.41, 5.74) is 2.26. The SMILES string of the molecule is O=C(CCc1ccccc1)N1CCN(c2ccc(Cl)c(Cl)c2)CC1. The zero-order valence-electron chi connectivity index (χ0n) is 13.4. The molecule has 0 spiro atoms. The van der Waals surface area contributed by atoms with Gasteiger partial charge in [0.25, 0.3) is 0 Å². The van der Waals surface area contributed by atoms with E-state index in [4.69, 9.17) is 23.2 Å². The minimum absolute atomic E-state index is 0.229. The number of carbonyl (C=O) groups excluding carboxylic acids is 1. The molecular weight excluding hydrogens is 343 g/mol. The zero-order chi connectivity index (χ0) is 16.9. The first kappa shape index (κ1) is 17.1. The Morgan fingerprint density at radius 2 is 1.62 bits per heavy atom. The van der Waals surface area contributed by atoms with E-state index in [9.17, 15) is 4.79 Å². The van der Waals surface area contributed by atoms with E-state index >= 15 is 0 Å². The molecule has 24 heavy (non-hydrogen) atoms. The van der Waals surface area contributed by atoms with Gasteiger partial charge in [-0.25, -0.2) is 0 Å². The number of carbonyl (C=O) groups is 1. The van der Waals surface area contributed by atoms with Crippen LogP contribution in [0.15, 0.2) is 48.5 Å². The maximum Gasteiger partial charge on any atom is 0.223 e. The monoisotopic (exact) mass is 362 g/mol. The molecule has 1 saturated heterocycles. The molecule has 1 amide bonds. The molecule has 2 aromatic rings. The Morgan fingerprint density at radius 1 is 0.917 bits per heavy atom. The molecule has 0 atom stereocenters. The number of anilines is 1. The lowest BCUT2D eigenvalue weighted by molar-refractivity contribution is -0.131. The topological polar surface area (TPSA) is 23.6 Å². The van der Waals surface area contributed by atoms with E-state index in [0.717, 1.165) is 38.3 Å². The lowest BCUT2D eigenvalue weighted by atomic mass is 10.1. The second-order valence-corrected chi connectivity index (χ2v) is 6.77. The van der Waals surface area contributed by atoms with Gasteiger partial charge in [-0.1, -0.05) is 53.5 Å². The third-order valence-electron chi connectivity index (χ3n) is 4.37. The molecule has 3 nitrogen and oxygen atoms in total. The van der Waals surface area contributed by atoms with E-state index < -0.39 is 0 Å². The number of aryl methyl sites for hydroxylation is 1. The quantitative estimate of drug-likeness (QED) is 0.810. The molecule has 1 aliphatic rings. The second-order valence-electron chi connectivity index (χ2n) is 5.95. The van der Waals surface area contributed by atoms with Gasteiger partial charge in [-0.05, 0) is 30.2 Å². The average molecular weight is 363 g/mol. The van der Waals surface area contributed by atoms with Gasteiger partial charge >= 0.3 is 0 Å². The van der Waals surface area contributed by atoms with Crippen LogP contribution in [0.25, 0.3) is 0 Å². The van der Waals surface area contributed by atoms with Crippen LogP contribution in [-0.2, 0) is 11.2 Å². The van der Waals surface area contributed by atoms with Crippen LogP contribution >= 0.6 is 23.2 Å². The van der Waals surface area contributed by atoms with Gasteiger partial charge < -0.3 is 9.80 Å². The molecule has 0 aromatic heterocycles. The number of nitrogens with zero attached hydrogens (tertiary/aromatic N) is 2. The van der Waals surface area contributed by atoms with Gasteiger partial charge in [-0.15, -0.1) is 0 Å². The lowest BCUT2D eigenvalue weighted by Gasteiger charge is -2.36. The largest absolute Gasteiger partial charge is 0.368 e. The first-order valence-corrected chi connectivity index (χ1v) is 8.91.